The first-order chi connectivity index (χ1) is 12.6. The zero-order valence-corrected chi connectivity index (χ0v) is 14.6. The van der Waals surface area contributed by atoms with Gasteiger partial charge in [0.2, 0.25) is 5.91 Å². The van der Waals surface area contributed by atoms with Crippen LogP contribution < -0.4 is 10.2 Å². The van der Waals surface area contributed by atoms with Crippen molar-refractivity contribution in [1.29, 1.82) is 0 Å². The van der Waals surface area contributed by atoms with E-state index < -0.39 is 0 Å². The van der Waals surface area contributed by atoms with Gasteiger partial charge in [-0.15, -0.1) is 0 Å². The van der Waals surface area contributed by atoms with Crippen LogP contribution in [-0.2, 0) is 4.79 Å². The molecule has 4 heteroatoms. The third kappa shape index (κ3) is 3.18. The Labute approximate surface area is 152 Å². The van der Waals surface area contributed by atoms with Gasteiger partial charge in [-0.3, -0.25) is 9.59 Å². The lowest BCUT2D eigenvalue weighted by atomic mass is 10.1. The van der Waals surface area contributed by atoms with Gasteiger partial charge in [0, 0.05) is 24.2 Å². The predicted molar refractivity (Wildman–Crippen MR) is 103 cm³/mol. The number of amides is 2. The number of carbonyl (C=O) groups is 2. The molecule has 0 bridgehead atoms. The first kappa shape index (κ1) is 16.3. The molecule has 1 aliphatic rings. The Balaban J connectivity index is 1.47. The van der Waals surface area contributed by atoms with Gasteiger partial charge in [-0.25, -0.2) is 0 Å². The van der Waals surface area contributed by atoms with Crippen LogP contribution in [0.3, 0.4) is 0 Å². The summed E-state index contributed by atoms with van der Waals surface area (Å²) in [6.45, 7) is 2.52. The van der Waals surface area contributed by atoms with Crippen LogP contribution in [-0.4, -0.2) is 24.4 Å². The number of anilines is 1. The van der Waals surface area contributed by atoms with Gasteiger partial charge < -0.3 is 10.2 Å². The molecule has 1 atom stereocenters. The molecule has 1 fully saturated rings. The summed E-state index contributed by atoms with van der Waals surface area (Å²) in [7, 11) is 0. The number of fused-ring (bicyclic) bond motifs is 1. The van der Waals surface area contributed by atoms with Gasteiger partial charge in [0.15, 0.2) is 0 Å². The molecule has 2 amide bonds. The summed E-state index contributed by atoms with van der Waals surface area (Å²) in [4.78, 5) is 26.7. The van der Waals surface area contributed by atoms with Crippen LogP contribution in [0.25, 0.3) is 10.8 Å². The molecular weight excluding hydrogens is 324 g/mol. The number of hydrogen-bond donors (Lipinski definition) is 1. The van der Waals surface area contributed by atoms with Gasteiger partial charge in [-0.2, -0.15) is 0 Å². The summed E-state index contributed by atoms with van der Waals surface area (Å²) >= 11 is 0. The molecule has 130 valence electrons. The van der Waals surface area contributed by atoms with Crippen LogP contribution in [0.15, 0.2) is 66.7 Å². The predicted octanol–water partition coefficient (Wildman–Crippen LogP) is 3.68. The topological polar surface area (TPSA) is 49.4 Å². The van der Waals surface area contributed by atoms with E-state index in [2.05, 4.69) is 5.32 Å². The highest BCUT2D eigenvalue weighted by molar-refractivity contribution is 6.00. The normalized spacial score (nSPS) is 16.9. The number of carbonyl (C=O) groups excluding carboxylic acids is 2. The lowest BCUT2D eigenvalue weighted by Gasteiger charge is -2.17. The van der Waals surface area contributed by atoms with Crippen LogP contribution in [0.1, 0.15) is 22.3 Å². The lowest BCUT2D eigenvalue weighted by Crippen LogP contribution is -2.37. The van der Waals surface area contributed by atoms with Crippen LogP contribution in [0.2, 0.25) is 0 Å². The molecule has 0 unspecified atom stereocenters. The van der Waals surface area contributed by atoms with Gasteiger partial charge >= 0.3 is 0 Å². The molecule has 26 heavy (non-hydrogen) atoms. The van der Waals surface area contributed by atoms with Crippen molar-refractivity contribution in [3.8, 4) is 0 Å². The van der Waals surface area contributed by atoms with Crippen molar-refractivity contribution in [1.82, 2.24) is 5.32 Å². The quantitative estimate of drug-likeness (QED) is 0.788. The molecule has 0 radical (unpaired) electrons. The Morgan fingerprint density at radius 1 is 1.00 bits per heavy atom. The molecule has 1 saturated heterocycles. The van der Waals surface area contributed by atoms with E-state index in [1.54, 1.807) is 4.90 Å². The lowest BCUT2D eigenvalue weighted by molar-refractivity contribution is -0.117. The molecule has 1 N–H and O–H groups in total. The smallest absolute Gasteiger partial charge is 0.251 e. The van der Waals surface area contributed by atoms with Crippen molar-refractivity contribution in [2.24, 2.45) is 0 Å². The SMILES string of the molecule is Cc1ccc(N2C[C@H](NC(=O)c3ccc4ccccc4c3)CC2=O)cc1. The number of benzene rings is 3. The van der Waals surface area contributed by atoms with Crippen molar-refractivity contribution in [2.75, 3.05) is 11.4 Å². The van der Waals surface area contributed by atoms with E-state index in [-0.39, 0.29) is 17.9 Å². The second-order valence-electron chi connectivity index (χ2n) is 6.78. The number of rotatable bonds is 3. The molecule has 0 aromatic heterocycles. The summed E-state index contributed by atoms with van der Waals surface area (Å²) in [6.07, 6.45) is 0.327. The maximum atomic E-state index is 12.6. The van der Waals surface area contributed by atoms with Crippen LogP contribution in [0.4, 0.5) is 5.69 Å². The van der Waals surface area contributed by atoms with Crippen LogP contribution in [0.5, 0.6) is 0 Å². The van der Waals surface area contributed by atoms with E-state index in [1.807, 2.05) is 73.7 Å². The van der Waals surface area contributed by atoms with Gasteiger partial charge in [-0.1, -0.05) is 48.0 Å². The van der Waals surface area contributed by atoms with Crippen molar-refractivity contribution in [2.45, 2.75) is 19.4 Å². The monoisotopic (exact) mass is 344 g/mol. The Kier molecular flexibility index (Phi) is 4.17. The van der Waals surface area contributed by atoms with Gasteiger partial charge in [0.25, 0.3) is 5.91 Å². The number of nitrogens with one attached hydrogen (secondary N) is 1. The highest BCUT2D eigenvalue weighted by Gasteiger charge is 2.31. The van der Waals surface area contributed by atoms with E-state index in [0.29, 0.717) is 18.5 Å². The average Bonchev–Trinajstić information content (AvgIpc) is 3.02. The highest BCUT2D eigenvalue weighted by Crippen LogP contribution is 2.22. The Morgan fingerprint density at radius 3 is 2.50 bits per heavy atom. The molecule has 0 spiro atoms. The van der Waals surface area contributed by atoms with Crippen LogP contribution in [0, 0.1) is 6.92 Å². The fourth-order valence-corrected chi connectivity index (χ4v) is 3.38. The van der Waals surface area contributed by atoms with E-state index >= 15 is 0 Å². The number of hydrogen-bond acceptors (Lipinski definition) is 2. The molecule has 1 heterocycles. The van der Waals surface area contributed by atoms with E-state index in [9.17, 15) is 9.59 Å². The minimum absolute atomic E-state index is 0.0395. The second-order valence-corrected chi connectivity index (χ2v) is 6.78. The zero-order valence-electron chi connectivity index (χ0n) is 14.6. The summed E-state index contributed by atoms with van der Waals surface area (Å²) in [5.41, 5.74) is 2.65. The molecule has 0 saturated carbocycles. The van der Waals surface area contributed by atoms with E-state index in [0.717, 1.165) is 22.0 Å². The highest BCUT2D eigenvalue weighted by atomic mass is 16.2. The minimum Gasteiger partial charge on any atom is -0.347 e. The second kappa shape index (κ2) is 6.64. The standard InChI is InChI=1S/C22H20N2O2/c1-15-6-10-20(11-7-15)24-14-19(13-21(24)25)23-22(26)18-9-8-16-4-2-3-5-17(16)12-18/h2-12,19H,13-14H2,1H3,(H,23,26)/t19-/m1/s1. The van der Waals surface area contributed by atoms with Crippen LogP contribution >= 0.6 is 0 Å². The summed E-state index contributed by atoms with van der Waals surface area (Å²) < 4.78 is 0. The molecule has 0 aliphatic carbocycles. The molecule has 3 aromatic carbocycles. The fourth-order valence-electron chi connectivity index (χ4n) is 3.38. The maximum absolute atomic E-state index is 12.6. The first-order valence-electron chi connectivity index (χ1n) is 8.77. The molecular formula is C22H20N2O2. The molecule has 1 aliphatic heterocycles. The largest absolute Gasteiger partial charge is 0.347 e. The van der Waals surface area contributed by atoms with Gasteiger partial charge in [0.05, 0.1) is 6.04 Å². The molecule has 3 aromatic rings. The molecule has 4 nitrogen and oxygen atoms in total. The summed E-state index contributed by atoms with van der Waals surface area (Å²) in [5.74, 6) is -0.100. The first-order valence-corrected chi connectivity index (χ1v) is 8.77. The Hall–Kier alpha value is -3.14. The third-order valence-electron chi connectivity index (χ3n) is 4.82. The summed E-state index contributed by atoms with van der Waals surface area (Å²) in [6, 6.07) is 21.3. The van der Waals surface area contributed by atoms with E-state index in [1.165, 1.54) is 0 Å². The fraction of sp³-hybridized carbons (Fsp3) is 0.182. The molecule has 4 rings (SSSR count). The minimum atomic E-state index is -0.178. The zero-order chi connectivity index (χ0) is 18.1. The van der Waals surface area contributed by atoms with Crippen molar-refractivity contribution in [3.05, 3.63) is 77.9 Å². The van der Waals surface area contributed by atoms with Crippen molar-refractivity contribution in [3.63, 3.8) is 0 Å². The maximum Gasteiger partial charge on any atom is 0.251 e. The summed E-state index contributed by atoms with van der Waals surface area (Å²) in [5, 5.41) is 5.13. The average molecular weight is 344 g/mol. The number of aryl methyl sites for hydroxylation is 1. The number of nitrogens with zero attached hydrogens (tertiary/aromatic N) is 1. The van der Waals surface area contributed by atoms with E-state index in [4.69, 9.17) is 0 Å². The van der Waals surface area contributed by atoms with Gasteiger partial charge in [0.1, 0.15) is 0 Å². The Bertz CT molecular complexity index is 979. The third-order valence-corrected chi connectivity index (χ3v) is 4.82. The van der Waals surface area contributed by atoms with Crippen molar-refractivity contribution < 1.29 is 9.59 Å². The van der Waals surface area contributed by atoms with Gasteiger partial charge in [-0.05, 0) is 42.0 Å². The van der Waals surface area contributed by atoms with Crippen molar-refractivity contribution >= 4 is 28.3 Å². The Morgan fingerprint density at radius 2 is 1.73 bits per heavy atom.